The Kier molecular flexibility index (Phi) is 5.58. The Balaban J connectivity index is 2.00. The number of nitrogens with zero attached hydrogens (tertiary/aromatic N) is 1. The van der Waals surface area contributed by atoms with Crippen LogP contribution in [0.2, 0.25) is 0 Å². The molecule has 0 aliphatic heterocycles. The number of nitrogens with one attached hydrogen (secondary N) is 1. The first-order chi connectivity index (χ1) is 10.2. The molecule has 0 radical (unpaired) electrons. The average Bonchev–Trinajstić information content (AvgIpc) is 2.51. The summed E-state index contributed by atoms with van der Waals surface area (Å²) in [5.74, 6) is 1.66. The van der Waals surface area contributed by atoms with E-state index in [9.17, 15) is 0 Å². The van der Waals surface area contributed by atoms with Gasteiger partial charge in [0.1, 0.15) is 18.1 Å². The lowest BCUT2D eigenvalue weighted by molar-refractivity contribution is 0.299. The van der Waals surface area contributed by atoms with Gasteiger partial charge in [0, 0.05) is 24.4 Å². The predicted molar refractivity (Wildman–Crippen MR) is 83.7 cm³/mol. The van der Waals surface area contributed by atoms with E-state index in [2.05, 4.69) is 29.4 Å². The lowest BCUT2D eigenvalue weighted by Gasteiger charge is -2.10. The summed E-state index contributed by atoms with van der Waals surface area (Å²) in [4.78, 5) is 4.45. The van der Waals surface area contributed by atoms with Gasteiger partial charge in [-0.15, -0.1) is 0 Å². The van der Waals surface area contributed by atoms with Crippen LogP contribution in [0, 0.1) is 6.92 Å². The molecule has 0 atom stereocenters. The Labute approximate surface area is 126 Å². The number of ether oxygens (including phenoxy) is 2. The summed E-state index contributed by atoms with van der Waals surface area (Å²) >= 11 is 0. The van der Waals surface area contributed by atoms with E-state index in [1.54, 1.807) is 7.11 Å². The molecule has 1 aromatic heterocycles. The Morgan fingerprint density at radius 3 is 2.76 bits per heavy atom. The first-order valence-corrected chi connectivity index (χ1v) is 7.15. The number of hydrogen-bond acceptors (Lipinski definition) is 4. The van der Waals surface area contributed by atoms with Crippen molar-refractivity contribution < 1.29 is 9.47 Å². The zero-order valence-corrected chi connectivity index (χ0v) is 12.8. The summed E-state index contributed by atoms with van der Waals surface area (Å²) in [5.41, 5.74) is 3.00. The van der Waals surface area contributed by atoms with Gasteiger partial charge in [-0.3, -0.25) is 4.98 Å². The number of aromatic nitrogens is 1. The SMILES string of the molecule is CCNCc1cccc(OCc2cc(OC)cc(C)n2)c1. The van der Waals surface area contributed by atoms with Crippen molar-refractivity contribution in [2.75, 3.05) is 13.7 Å². The van der Waals surface area contributed by atoms with Crippen LogP contribution in [0.3, 0.4) is 0 Å². The van der Waals surface area contributed by atoms with Gasteiger partial charge in [0.15, 0.2) is 0 Å². The number of hydrogen-bond donors (Lipinski definition) is 1. The Morgan fingerprint density at radius 1 is 1.14 bits per heavy atom. The summed E-state index contributed by atoms with van der Waals surface area (Å²) in [6, 6.07) is 11.9. The standard InChI is InChI=1S/C17H22N2O2/c1-4-18-11-14-6-5-7-16(9-14)21-12-15-10-17(20-3)8-13(2)19-15/h5-10,18H,4,11-12H2,1-3H3. The van der Waals surface area contributed by atoms with Crippen molar-refractivity contribution in [2.45, 2.75) is 27.0 Å². The van der Waals surface area contributed by atoms with Gasteiger partial charge in [0.05, 0.1) is 12.8 Å². The molecule has 21 heavy (non-hydrogen) atoms. The largest absolute Gasteiger partial charge is 0.497 e. The van der Waals surface area contributed by atoms with Crippen LogP contribution in [0.1, 0.15) is 23.9 Å². The third-order valence-electron chi connectivity index (χ3n) is 3.08. The van der Waals surface area contributed by atoms with E-state index in [1.807, 2.05) is 31.2 Å². The molecule has 1 N–H and O–H groups in total. The van der Waals surface area contributed by atoms with Crippen molar-refractivity contribution in [3.05, 3.63) is 53.3 Å². The normalized spacial score (nSPS) is 10.4. The van der Waals surface area contributed by atoms with Crippen molar-refractivity contribution >= 4 is 0 Å². The molecule has 0 unspecified atom stereocenters. The molecule has 2 aromatic rings. The summed E-state index contributed by atoms with van der Waals surface area (Å²) in [5, 5.41) is 3.30. The molecular formula is C17H22N2O2. The van der Waals surface area contributed by atoms with E-state index in [1.165, 1.54) is 5.56 Å². The van der Waals surface area contributed by atoms with Crippen molar-refractivity contribution in [1.82, 2.24) is 10.3 Å². The molecule has 1 heterocycles. The smallest absolute Gasteiger partial charge is 0.130 e. The average molecular weight is 286 g/mol. The van der Waals surface area contributed by atoms with E-state index in [4.69, 9.17) is 9.47 Å². The van der Waals surface area contributed by atoms with E-state index in [0.717, 1.165) is 36.0 Å². The number of aryl methyl sites for hydroxylation is 1. The zero-order chi connectivity index (χ0) is 15.1. The van der Waals surface area contributed by atoms with Gasteiger partial charge in [0.2, 0.25) is 0 Å². The highest BCUT2D eigenvalue weighted by molar-refractivity contribution is 5.30. The fraction of sp³-hybridized carbons (Fsp3) is 0.353. The lowest BCUT2D eigenvalue weighted by atomic mass is 10.2. The number of rotatable bonds is 7. The lowest BCUT2D eigenvalue weighted by Crippen LogP contribution is -2.11. The third kappa shape index (κ3) is 4.76. The number of pyridine rings is 1. The monoisotopic (exact) mass is 286 g/mol. The summed E-state index contributed by atoms with van der Waals surface area (Å²) in [6.07, 6.45) is 0. The number of methoxy groups -OCH3 is 1. The molecule has 2 rings (SSSR count). The van der Waals surface area contributed by atoms with Crippen molar-refractivity contribution in [1.29, 1.82) is 0 Å². The molecule has 0 saturated carbocycles. The molecule has 4 nitrogen and oxygen atoms in total. The molecule has 0 amide bonds. The highest BCUT2D eigenvalue weighted by atomic mass is 16.5. The Hall–Kier alpha value is -2.07. The third-order valence-corrected chi connectivity index (χ3v) is 3.08. The quantitative estimate of drug-likeness (QED) is 0.849. The van der Waals surface area contributed by atoms with Gasteiger partial charge in [-0.25, -0.2) is 0 Å². The predicted octanol–water partition coefficient (Wildman–Crippen LogP) is 3.09. The van der Waals surface area contributed by atoms with E-state index in [0.29, 0.717) is 6.61 Å². The van der Waals surface area contributed by atoms with Crippen molar-refractivity contribution in [3.8, 4) is 11.5 Å². The van der Waals surface area contributed by atoms with Gasteiger partial charge in [0.25, 0.3) is 0 Å². The van der Waals surface area contributed by atoms with Gasteiger partial charge >= 0.3 is 0 Å². The molecule has 1 aromatic carbocycles. The molecule has 4 heteroatoms. The van der Waals surface area contributed by atoms with Crippen molar-refractivity contribution in [3.63, 3.8) is 0 Å². The van der Waals surface area contributed by atoms with Crippen LogP contribution in [0.5, 0.6) is 11.5 Å². The number of benzene rings is 1. The van der Waals surface area contributed by atoms with Gasteiger partial charge in [-0.1, -0.05) is 19.1 Å². The maximum absolute atomic E-state index is 5.82. The van der Waals surface area contributed by atoms with Crippen LogP contribution < -0.4 is 14.8 Å². The van der Waals surface area contributed by atoms with Crippen molar-refractivity contribution in [2.24, 2.45) is 0 Å². The fourth-order valence-electron chi connectivity index (χ4n) is 2.07. The fourth-order valence-corrected chi connectivity index (χ4v) is 2.07. The van der Waals surface area contributed by atoms with E-state index >= 15 is 0 Å². The minimum Gasteiger partial charge on any atom is -0.497 e. The van der Waals surface area contributed by atoms with Crippen LogP contribution in [0.15, 0.2) is 36.4 Å². The minimum absolute atomic E-state index is 0.433. The molecule has 112 valence electrons. The summed E-state index contributed by atoms with van der Waals surface area (Å²) in [6.45, 7) is 6.28. The van der Waals surface area contributed by atoms with Gasteiger partial charge in [-0.2, -0.15) is 0 Å². The second-order valence-corrected chi connectivity index (χ2v) is 4.86. The Morgan fingerprint density at radius 2 is 2.00 bits per heavy atom. The Bertz CT molecular complexity index is 585. The topological polar surface area (TPSA) is 43.4 Å². The molecule has 0 spiro atoms. The van der Waals surface area contributed by atoms with E-state index < -0.39 is 0 Å². The maximum atomic E-state index is 5.82. The van der Waals surface area contributed by atoms with E-state index in [-0.39, 0.29) is 0 Å². The van der Waals surface area contributed by atoms with Gasteiger partial charge < -0.3 is 14.8 Å². The molecule has 0 fully saturated rings. The maximum Gasteiger partial charge on any atom is 0.130 e. The van der Waals surface area contributed by atoms with Crippen LogP contribution in [0.4, 0.5) is 0 Å². The minimum atomic E-state index is 0.433. The highest BCUT2D eigenvalue weighted by Crippen LogP contribution is 2.17. The molecule has 0 aliphatic rings. The zero-order valence-electron chi connectivity index (χ0n) is 12.8. The highest BCUT2D eigenvalue weighted by Gasteiger charge is 2.03. The summed E-state index contributed by atoms with van der Waals surface area (Å²) < 4.78 is 11.1. The first kappa shape index (κ1) is 15.3. The first-order valence-electron chi connectivity index (χ1n) is 7.15. The second-order valence-electron chi connectivity index (χ2n) is 4.86. The molecule has 0 aliphatic carbocycles. The summed E-state index contributed by atoms with van der Waals surface area (Å²) in [7, 11) is 1.66. The second kappa shape index (κ2) is 7.64. The van der Waals surface area contributed by atoms with Crippen LogP contribution in [-0.4, -0.2) is 18.6 Å². The molecule has 0 saturated heterocycles. The van der Waals surface area contributed by atoms with Crippen LogP contribution in [-0.2, 0) is 13.2 Å². The molecular weight excluding hydrogens is 264 g/mol. The molecule has 0 bridgehead atoms. The van der Waals surface area contributed by atoms with Gasteiger partial charge in [-0.05, 0) is 31.2 Å². The van der Waals surface area contributed by atoms with Crippen LogP contribution in [0.25, 0.3) is 0 Å². The van der Waals surface area contributed by atoms with Crippen LogP contribution >= 0.6 is 0 Å².